The van der Waals surface area contributed by atoms with Crippen LogP contribution in [-0.2, 0) is 0 Å². The second kappa shape index (κ2) is 5.27. The first-order valence-electron chi connectivity index (χ1n) is 7.10. The fraction of sp³-hybridized carbons (Fsp3) is 1.00. The molecule has 0 aromatic rings. The highest BCUT2D eigenvalue weighted by atomic mass is 16.3. The van der Waals surface area contributed by atoms with E-state index in [1.807, 2.05) is 6.92 Å². The van der Waals surface area contributed by atoms with Gasteiger partial charge in [0.25, 0.3) is 0 Å². The quantitative estimate of drug-likeness (QED) is 0.794. The monoisotopic (exact) mass is 242 g/mol. The van der Waals surface area contributed by atoms with E-state index in [0.29, 0.717) is 17.8 Å². The Morgan fingerprint density at radius 3 is 2.29 bits per heavy atom. The topological polar surface area (TPSA) is 40.5 Å². The number of hydrogen-bond donors (Lipinski definition) is 2. The van der Waals surface area contributed by atoms with Crippen molar-refractivity contribution in [3.8, 4) is 0 Å². The van der Waals surface area contributed by atoms with Gasteiger partial charge in [-0.05, 0) is 37.0 Å². The predicted molar refractivity (Wildman–Crippen MR) is 71.8 cm³/mol. The second-order valence-corrected chi connectivity index (χ2v) is 6.86. The fourth-order valence-electron chi connectivity index (χ4n) is 3.25. The standard InChI is InChI=1S/C15H30O2/c1-11(2)13-7-6-8-15(17,9-13)14(5,10-16)12(3)4/h11-13,16-17H,6-10H2,1-5H3. The molecule has 0 saturated heterocycles. The van der Waals surface area contributed by atoms with E-state index >= 15 is 0 Å². The highest BCUT2D eigenvalue weighted by Crippen LogP contribution is 2.49. The van der Waals surface area contributed by atoms with E-state index in [2.05, 4.69) is 27.7 Å². The smallest absolute Gasteiger partial charge is 0.0728 e. The Bertz CT molecular complexity index is 249. The van der Waals surface area contributed by atoms with Gasteiger partial charge in [0.2, 0.25) is 0 Å². The zero-order valence-electron chi connectivity index (χ0n) is 12.2. The van der Waals surface area contributed by atoms with Gasteiger partial charge in [0.15, 0.2) is 0 Å². The molecular formula is C15H30O2. The maximum absolute atomic E-state index is 11.0. The van der Waals surface area contributed by atoms with Crippen molar-refractivity contribution in [1.82, 2.24) is 0 Å². The third-order valence-corrected chi connectivity index (χ3v) is 5.37. The van der Waals surface area contributed by atoms with Crippen LogP contribution in [0.3, 0.4) is 0 Å². The minimum absolute atomic E-state index is 0.0754. The molecule has 1 aliphatic rings. The Kier molecular flexibility index (Phi) is 4.65. The number of rotatable bonds is 4. The van der Waals surface area contributed by atoms with Crippen LogP contribution in [0.5, 0.6) is 0 Å². The maximum Gasteiger partial charge on any atom is 0.0728 e. The van der Waals surface area contributed by atoms with Gasteiger partial charge in [-0.3, -0.25) is 0 Å². The van der Waals surface area contributed by atoms with Gasteiger partial charge in [0.1, 0.15) is 0 Å². The third-order valence-electron chi connectivity index (χ3n) is 5.37. The summed E-state index contributed by atoms with van der Waals surface area (Å²) in [5.41, 5.74) is -1.07. The largest absolute Gasteiger partial charge is 0.396 e. The van der Waals surface area contributed by atoms with Crippen LogP contribution in [0, 0.1) is 23.2 Å². The van der Waals surface area contributed by atoms with Gasteiger partial charge < -0.3 is 10.2 Å². The molecule has 1 aliphatic carbocycles. The molecule has 2 nitrogen and oxygen atoms in total. The highest BCUT2D eigenvalue weighted by Gasteiger charge is 2.50. The molecule has 2 N–H and O–H groups in total. The third kappa shape index (κ3) is 2.68. The van der Waals surface area contributed by atoms with Gasteiger partial charge in [-0.25, -0.2) is 0 Å². The summed E-state index contributed by atoms with van der Waals surface area (Å²) >= 11 is 0. The molecule has 0 radical (unpaired) electrons. The molecular weight excluding hydrogens is 212 g/mol. The molecule has 1 fully saturated rings. The van der Waals surface area contributed by atoms with Gasteiger partial charge >= 0.3 is 0 Å². The molecule has 102 valence electrons. The van der Waals surface area contributed by atoms with Crippen LogP contribution in [0.15, 0.2) is 0 Å². The molecule has 0 aromatic heterocycles. The van der Waals surface area contributed by atoms with E-state index in [4.69, 9.17) is 0 Å². The van der Waals surface area contributed by atoms with Crippen molar-refractivity contribution in [3.05, 3.63) is 0 Å². The predicted octanol–water partition coefficient (Wildman–Crippen LogP) is 3.22. The van der Waals surface area contributed by atoms with E-state index < -0.39 is 5.60 Å². The summed E-state index contributed by atoms with van der Waals surface area (Å²) < 4.78 is 0. The van der Waals surface area contributed by atoms with Crippen LogP contribution in [-0.4, -0.2) is 22.4 Å². The summed E-state index contributed by atoms with van der Waals surface area (Å²) in [7, 11) is 0. The molecule has 0 heterocycles. The zero-order valence-corrected chi connectivity index (χ0v) is 12.2. The molecule has 3 unspecified atom stereocenters. The molecule has 0 aromatic carbocycles. The van der Waals surface area contributed by atoms with Crippen molar-refractivity contribution >= 4 is 0 Å². The van der Waals surface area contributed by atoms with Crippen molar-refractivity contribution in [3.63, 3.8) is 0 Å². The summed E-state index contributed by atoms with van der Waals surface area (Å²) in [6, 6.07) is 0. The Hall–Kier alpha value is -0.0800. The molecule has 0 bridgehead atoms. The van der Waals surface area contributed by atoms with Crippen molar-refractivity contribution in [2.45, 2.75) is 65.9 Å². The van der Waals surface area contributed by atoms with Crippen LogP contribution in [0.25, 0.3) is 0 Å². The van der Waals surface area contributed by atoms with Crippen LogP contribution in [0.4, 0.5) is 0 Å². The first kappa shape index (κ1) is 15.0. The minimum atomic E-state index is -0.691. The summed E-state index contributed by atoms with van der Waals surface area (Å²) in [6.07, 6.45) is 3.99. The molecule has 1 rings (SSSR count). The summed E-state index contributed by atoms with van der Waals surface area (Å²) in [6.45, 7) is 10.8. The number of aliphatic hydroxyl groups is 2. The second-order valence-electron chi connectivity index (χ2n) is 6.86. The van der Waals surface area contributed by atoms with Crippen LogP contribution in [0.2, 0.25) is 0 Å². The lowest BCUT2D eigenvalue weighted by Crippen LogP contribution is -2.54. The van der Waals surface area contributed by atoms with Crippen LogP contribution >= 0.6 is 0 Å². The van der Waals surface area contributed by atoms with Crippen molar-refractivity contribution in [1.29, 1.82) is 0 Å². The van der Waals surface area contributed by atoms with Gasteiger partial charge in [-0.15, -0.1) is 0 Å². The number of aliphatic hydroxyl groups excluding tert-OH is 1. The van der Waals surface area contributed by atoms with Crippen molar-refractivity contribution < 1.29 is 10.2 Å². The zero-order chi connectivity index (χ0) is 13.3. The Morgan fingerprint density at radius 1 is 1.29 bits per heavy atom. The molecule has 0 aliphatic heterocycles. The van der Waals surface area contributed by atoms with Crippen molar-refractivity contribution in [2.24, 2.45) is 23.2 Å². The maximum atomic E-state index is 11.0. The molecule has 17 heavy (non-hydrogen) atoms. The van der Waals surface area contributed by atoms with E-state index in [1.165, 1.54) is 6.42 Å². The van der Waals surface area contributed by atoms with E-state index in [9.17, 15) is 10.2 Å². The molecule has 0 amide bonds. The highest BCUT2D eigenvalue weighted by molar-refractivity contribution is 5.01. The fourth-order valence-corrected chi connectivity index (χ4v) is 3.25. The van der Waals surface area contributed by atoms with E-state index in [-0.39, 0.29) is 12.0 Å². The van der Waals surface area contributed by atoms with E-state index in [0.717, 1.165) is 19.3 Å². The Labute approximate surface area is 106 Å². The lowest BCUT2D eigenvalue weighted by Gasteiger charge is -2.51. The first-order chi connectivity index (χ1) is 7.77. The number of hydrogen-bond acceptors (Lipinski definition) is 2. The summed E-state index contributed by atoms with van der Waals surface area (Å²) in [5.74, 6) is 1.51. The first-order valence-corrected chi connectivity index (χ1v) is 7.10. The van der Waals surface area contributed by atoms with Gasteiger partial charge in [-0.2, -0.15) is 0 Å². The van der Waals surface area contributed by atoms with E-state index in [1.54, 1.807) is 0 Å². The van der Waals surface area contributed by atoms with Gasteiger partial charge in [0.05, 0.1) is 12.2 Å². The van der Waals surface area contributed by atoms with Crippen molar-refractivity contribution in [2.75, 3.05) is 6.61 Å². The Morgan fingerprint density at radius 2 is 1.88 bits per heavy atom. The SMILES string of the molecule is CC(C)C1CCCC(O)(C(C)(CO)C(C)C)C1. The molecule has 0 spiro atoms. The average Bonchev–Trinajstić information content (AvgIpc) is 2.27. The van der Waals surface area contributed by atoms with Crippen LogP contribution in [0.1, 0.15) is 60.3 Å². The molecule has 3 atom stereocenters. The lowest BCUT2D eigenvalue weighted by atomic mass is 9.58. The lowest BCUT2D eigenvalue weighted by molar-refractivity contribution is -0.155. The minimum Gasteiger partial charge on any atom is -0.396 e. The van der Waals surface area contributed by atoms with Crippen LogP contribution < -0.4 is 0 Å². The summed E-state index contributed by atoms with van der Waals surface area (Å²) in [5, 5.41) is 20.8. The summed E-state index contributed by atoms with van der Waals surface area (Å²) in [4.78, 5) is 0. The normalized spacial score (nSPS) is 34.1. The Balaban J connectivity index is 2.92. The van der Waals surface area contributed by atoms with Gasteiger partial charge in [0, 0.05) is 5.41 Å². The van der Waals surface area contributed by atoms with Gasteiger partial charge in [-0.1, -0.05) is 41.0 Å². The molecule has 1 saturated carbocycles. The molecule has 2 heteroatoms. The average molecular weight is 242 g/mol.